The molecule has 0 amide bonds. The third-order valence-electron chi connectivity index (χ3n) is 4.44. The Morgan fingerprint density at radius 1 is 1.04 bits per heavy atom. The van der Waals surface area contributed by atoms with Crippen LogP contribution in [0.3, 0.4) is 0 Å². The molecule has 0 heterocycles. The smallest absolute Gasteiger partial charge is 0.324 e. The van der Waals surface area contributed by atoms with Crippen molar-refractivity contribution in [1.29, 1.82) is 0 Å². The Morgan fingerprint density at radius 3 is 2.00 bits per heavy atom. The van der Waals surface area contributed by atoms with E-state index in [1.165, 1.54) is 0 Å². The third kappa shape index (κ3) is 4.57. The van der Waals surface area contributed by atoms with Crippen molar-refractivity contribution in [1.82, 2.24) is 0 Å². The summed E-state index contributed by atoms with van der Waals surface area (Å²) in [4.78, 5) is 35.9. The van der Waals surface area contributed by atoms with E-state index in [4.69, 9.17) is 9.84 Å². The predicted octanol–water partition coefficient (Wildman–Crippen LogP) is 2.90. The number of carboxylic acid groups (broad SMARTS) is 2. The molecule has 0 aliphatic rings. The molecule has 0 radical (unpaired) electrons. The van der Waals surface area contributed by atoms with E-state index in [0.29, 0.717) is 18.4 Å². The van der Waals surface area contributed by atoms with E-state index in [9.17, 15) is 19.5 Å². The molecule has 0 saturated heterocycles. The second-order valence-electron chi connectivity index (χ2n) is 6.17. The van der Waals surface area contributed by atoms with Crippen LogP contribution >= 0.6 is 0 Å². The Labute approximate surface area is 141 Å². The summed E-state index contributed by atoms with van der Waals surface area (Å²) in [6.45, 7) is 5.36. The molecule has 0 aliphatic heterocycles. The highest BCUT2D eigenvalue weighted by Crippen LogP contribution is 2.33. The van der Waals surface area contributed by atoms with Crippen LogP contribution < -0.4 is 0 Å². The highest BCUT2D eigenvalue weighted by atomic mass is 16.6. The Morgan fingerprint density at radius 2 is 1.58 bits per heavy atom. The number of carboxylic acids is 2. The van der Waals surface area contributed by atoms with Crippen LogP contribution in [-0.2, 0) is 25.5 Å². The number of esters is 1. The van der Waals surface area contributed by atoms with Crippen molar-refractivity contribution in [3.63, 3.8) is 0 Å². The zero-order chi connectivity index (χ0) is 18.4. The van der Waals surface area contributed by atoms with Gasteiger partial charge >= 0.3 is 17.9 Å². The zero-order valence-electron chi connectivity index (χ0n) is 14.2. The summed E-state index contributed by atoms with van der Waals surface area (Å²) >= 11 is 0. The quantitative estimate of drug-likeness (QED) is 0.531. The molecule has 132 valence electrons. The monoisotopic (exact) mass is 336 g/mol. The second kappa shape index (κ2) is 7.95. The van der Waals surface area contributed by atoms with Crippen LogP contribution in [0.1, 0.15) is 45.6 Å². The van der Waals surface area contributed by atoms with E-state index in [-0.39, 0.29) is 6.42 Å². The SMILES string of the molecule is CCC(C)(CC)OC(=O)C(CC(=O)O)(Cc1ccccc1)C(=O)O. The molecule has 1 aromatic carbocycles. The van der Waals surface area contributed by atoms with Gasteiger partial charge in [-0.05, 0) is 31.7 Å². The summed E-state index contributed by atoms with van der Waals surface area (Å²) in [6, 6.07) is 8.48. The van der Waals surface area contributed by atoms with Gasteiger partial charge in [-0.25, -0.2) is 0 Å². The van der Waals surface area contributed by atoms with Gasteiger partial charge in [0.1, 0.15) is 5.60 Å². The maximum absolute atomic E-state index is 12.7. The Hall–Kier alpha value is -2.37. The number of aliphatic carboxylic acids is 2. The topological polar surface area (TPSA) is 101 Å². The summed E-state index contributed by atoms with van der Waals surface area (Å²) in [6.07, 6.45) is -0.0654. The van der Waals surface area contributed by atoms with E-state index < -0.39 is 35.3 Å². The van der Waals surface area contributed by atoms with Crippen LogP contribution in [0.5, 0.6) is 0 Å². The summed E-state index contributed by atoms with van der Waals surface area (Å²) in [5.74, 6) is -3.86. The molecule has 1 rings (SSSR count). The number of ether oxygens (including phenoxy) is 1. The number of carbonyl (C=O) groups is 3. The molecule has 1 aromatic rings. The van der Waals surface area contributed by atoms with Crippen LogP contribution in [0.25, 0.3) is 0 Å². The van der Waals surface area contributed by atoms with Gasteiger partial charge in [-0.15, -0.1) is 0 Å². The van der Waals surface area contributed by atoms with E-state index in [1.54, 1.807) is 37.3 Å². The van der Waals surface area contributed by atoms with Crippen molar-refractivity contribution < 1.29 is 29.3 Å². The van der Waals surface area contributed by atoms with E-state index in [1.807, 2.05) is 13.8 Å². The first-order chi connectivity index (χ1) is 11.2. The molecule has 0 fully saturated rings. The molecular weight excluding hydrogens is 312 g/mol. The number of rotatable bonds is 9. The van der Waals surface area contributed by atoms with Gasteiger partial charge in [0.15, 0.2) is 5.41 Å². The minimum absolute atomic E-state index is 0.238. The van der Waals surface area contributed by atoms with E-state index >= 15 is 0 Å². The van der Waals surface area contributed by atoms with Crippen LogP contribution in [0.15, 0.2) is 30.3 Å². The fraction of sp³-hybridized carbons (Fsp3) is 0.500. The molecule has 0 aromatic heterocycles. The lowest BCUT2D eigenvalue weighted by molar-refractivity contribution is -0.183. The number of carbonyl (C=O) groups excluding carboxylic acids is 1. The molecule has 24 heavy (non-hydrogen) atoms. The van der Waals surface area contributed by atoms with Crippen LogP contribution in [0.4, 0.5) is 0 Å². The largest absolute Gasteiger partial charge is 0.481 e. The van der Waals surface area contributed by atoms with Gasteiger partial charge in [0.2, 0.25) is 0 Å². The summed E-state index contributed by atoms with van der Waals surface area (Å²) < 4.78 is 5.45. The molecular formula is C18H24O6. The standard InChI is InChI=1S/C18H24O6/c1-4-17(3,5-2)24-16(23)18(15(21)22,12-14(19)20)11-13-9-7-6-8-10-13/h6-10H,4-5,11-12H2,1-3H3,(H,19,20)(H,21,22). The average molecular weight is 336 g/mol. The highest BCUT2D eigenvalue weighted by Gasteiger charge is 2.51. The first-order valence-electron chi connectivity index (χ1n) is 7.91. The summed E-state index contributed by atoms with van der Waals surface area (Å²) in [7, 11) is 0. The Kier molecular flexibility index (Phi) is 6.51. The normalized spacial score (nSPS) is 13.8. The summed E-state index contributed by atoms with van der Waals surface area (Å²) in [5, 5.41) is 18.8. The lowest BCUT2D eigenvalue weighted by Gasteiger charge is -2.33. The fourth-order valence-electron chi connectivity index (χ4n) is 2.36. The molecule has 6 heteroatoms. The molecule has 0 bridgehead atoms. The van der Waals surface area contributed by atoms with Gasteiger partial charge in [-0.1, -0.05) is 44.2 Å². The van der Waals surface area contributed by atoms with Gasteiger partial charge in [-0.2, -0.15) is 0 Å². The van der Waals surface area contributed by atoms with Crippen molar-refractivity contribution >= 4 is 17.9 Å². The first kappa shape index (κ1) is 19.7. The van der Waals surface area contributed by atoms with Crippen LogP contribution in [0.2, 0.25) is 0 Å². The summed E-state index contributed by atoms with van der Waals surface area (Å²) in [5.41, 5.74) is -2.42. The maximum atomic E-state index is 12.7. The van der Waals surface area contributed by atoms with Crippen molar-refractivity contribution in [3.05, 3.63) is 35.9 Å². The number of hydrogen-bond donors (Lipinski definition) is 2. The molecule has 6 nitrogen and oxygen atoms in total. The highest BCUT2D eigenvalue weighted by molar-refractivity contribution is 6.02. The van der Waals surface area contributed by atoms with E-state index in [0.717, 1.165) is 0 Å². The third-order valence-corrected chi connectivity index (χ3v) is 4.44. The van der Waals surface area contributed by atoms with Gasteiger partial charge in [0.05, 0.1) is 6.42 Å². The van der Waals surface area contributed by atoms with Gasteiger partial charge in [-0.3, -0.25) is 14.4 Å². The molecule has 2 N–H and O–H groups in total. The lowest BCUT2D eigenvalue weighted by atomic mass is 9.78. The van der Waals surface area contributed by atoms with Crippen molar-refractivity contribution in [2.45, 2.75) is 52.1 Å². The number of hydrogen-bond acceptors (Lipinski definition) is 4. The predicted molar refractivity (Wildman–Crippen MR) is 87.5 cm³/mol. The Balaban J connectivity index is 3.27. The Bertz CT molecular complexity index is 591. The minimum atomic E-state index is -2.15. The maximum Gasteiger partial charge on any atom is 0.324 e. The molecule has 0 aliphatic carbocycles. The van der Waals surface area contributed by atoms with Gasteiger partial charge in [0, 0.05) is 0 Å². The van der Waals surface area contributed by atoms with Gasteiger partial charge in [0.25, 0.3) is 0 Å². The van der Waals surface area contributed by atoms with Crippen molar-refractivity contribution in [2.24, 2.45) is 5.41 Å². The molecule has 1 unspecified atom stereocenters. The molecule has 1 atom stereocenters. The van der Waals surface area contributed by atoms with Crippen molar-refractivity contribution in [3.8, 4) is 0 Å². The van der Waals surface area contributed by atoms with Crippen LogP contribution in [0, 0.1) is 5.41 Å². The fourth-order valence-corrected chi connectivity index (χ4v) is 2.36. The van der Waals surface area contributed by atoms with E-state index in [2.05, 4.69) is 0 Å². The second-order valence-corrected chi connectivity index (χ2v) is 6.17. The average Bonchev–Trinajstić information content (AvgIpc) is 2.54. The zero-order valence-corrected chi connectivity index (χ0v) is 14.2. The van der Waals surface area contributed by atoms with Crippen molar-refractivity contribution in [2.75, 3.05) is 0 Å². The van der Waals surface area contributed by atoms with Crippen LogP contribution in [-0.4, -0.2) is 33.7 Å². The number of benzene rings is 1. The molecule has 0 saturated carbocycles. The minimum Gasteiger partial charge on any atom is -0.481 e. The lowest BCUT2D eigenvalue weighted by Crippen LogP contribution is -2.47. The first-order valence-corrected chi connectivity index (χ1v) is 7.91. The molecule has 0 spiro atoms. The van der Waals surface area contributed by atoms with Gasteiger partial charge < -0.3 is 14.9 Å².